The van der Waals surface area contributed by atoms with Crippen molar-refractivity contribution in [1.29, 1.82) is 0 Å². The normalized spacial score (nSPS) is 49.1. The second kappa shape index (κ2) is 3.01. The summed E-state index contributed by atoms with van der Waals surface area (Å²) in [5.41, 5.74) is 0. The van der Waals surface area contributed by atoms with Crippen LogP contribution in [-0.2, 0) is 10.8 Å². The quantitative estimate of drug-likeness (QED) is 0.559. The molecule has 10 heavy (non-hydrogen) atoms. The van der Waals surface area contributed by atoms with E-state index in [1.165, 1.54) is 0 Å². The van der Waals surface area contributed by atoms with Gasteiger partial charge in [0.25, 0.3) is 0 Å². The highest BCUT2D eigenvalue weighted by atomic mass is 32.2. The fraction of sp³-hybridized carbons (Fsp3) is 1.00. The van der Waals surface area contributed by atoms with Crippen LogP contribution in [0.5, 0.6) is 0 Å². The van der Waals surface area contributed by atoms with Gasteiger partial charge in [0.1, 0.15) is 0 Å². The zero-order chi connectivity index (χ0) is 7.72. The minimum absolute atomic E-state index is 0.213. The van der Waals surface area contributed by atoms with Crippen LogP contribution < -0.4 is 0 Å². The lowest BCUT2D eigenvalue weighted by atomic mass is 9.96. The number of aliphatic hydroxyl groups is 1. The molecular weight excluding hydrogens is 148 g/mol. The summed E-state index contributed by atoms with van der Waals surface area (Å²) in [6, 6.07) is 0. The second-order valence-corrected chi connectivity index (χ2v) is 4.76. The maximum absolute atomic E-state index is 11.0. The Hall–Kier alpha value is 0.110. The van der Waals surface area contributed by atoms with Crippen molar-refractivity contribution < 1.29 is 9.32 Å². The van der Waals surface area contributed by atoms with Gasteiger partial charge in [0.15, 0.2) is 0 Å². The van der Waals surface area contributed by atoms with Crippen LogP contribution in [0.25, 0.3) is 0 Å². The number of aliphatic hydroxyl groups excluding tert-OH is 1. The molecule has 1 rings (SSSR count). The van der Waals surface area contributed by atoms with Gasteiger partial charge in [-0.2, -0.15) is 0 Å². The zero-order valence-electron chi connectivity index (χ0n) is 6.41. The van der Waals surface area contributed by atoms with Crippen molar-refractivity contribution in [3.05, 3.63) is 0 Å². The van der Waals surface area contributed by atoms with Crippen molar-refractivity contribution in [2.24, 2.45) is 11.8 Å². The predicted octanol–water partition coefficient (Wildman–Crippen LogP) is 0.382. The summed E-state index contributed by atoms with van der Waals surface area (Å²) in [7, 11) is -0.681. The lowest BCUT2D eigenvalue weighted by molar-refractivity contribution is 0.0781. The molecule has 2 atom stereocenters. The molecule has 0 radical (unpaired) electrons. The Bertz CT molecular complexity index is 133. The molecule has 0 amide bonds. The van der Waals surface area contributed by atoms with Gasteiger partial charge in [-0.3, -0.25) is 4.21 Å². The molecule has 0 saturated carbocycles. The lowest BCUT2D eigenvalue weighted by Gasteiger charge is -2.29. The van der Waals surface area contributed by atoms with E-state index in [-0.39, 0.29) is 17.9 Å². The van der Waals surface area contributed by atoms with E-state index in [0.717, 1.165) is 0 Å². The SMILES string of the molecule is CC1CS(=O)CC(C)C1O. The van der Waals surface area contributed by atoms with Crippen molar-refractivity contribution >= 4 is 10.8 Å². The minimum atomic E-state index is -0.681. The third kappa shape index (κ3) is 1.58. The molecule has 1 fully saturated rings. The molecule has 1 aliphatic rings. The van der Waals surface area contributed by atoms with E-state index in [0.29, 0.717) is 11.5 Å². The van der Waals surface area contributed by atoms with Crippen LogP contribution in [0.1, 0.15) is 13.8 Å². The molecular formula is C7H14O2S. The van der Waals surface area contributed by atoms with Gasteiger partial charge < -0.3 is 5.11 Å². The van der Waals surface area contributed by atoms with Gasteiger partial charge in [-0.15, -0.1) is 0 Å². The molecule has 0 aromatic carbocycles. The van der Waals surface area contributed by atoms with Crippen molar-refractivity contribution in [2.75, 3.05) is 11.5 Å². The largest absolute Gasteiger partial charge is 0.393 e. The highest BCUT2D eigenvalue weighted by Gasteiger charge is 2.29. The van der Waals surface area contributed by atoms with E-state index in [1.54, 1.807) is 0 Å². The van der Waals surface area contributed by atoms with Crippen molar-refractivity contribution in [2.45, 2.75) is 20.0 Å². The second-order valence-electron chi connectivity index (χ2n) is 3.22. The van der Waals surface area contributed by atoms with Crippen molar-refractivity contribution in [3.8, 4) is 0 Å². The van der Waals surface area contributed by atoms with Gasteiger partial charge in [0, 0.05) is 22.3 Å². The third-order valence-corrected chi connectivity index (χ3v) is 3.86. The van der Waals surface area contributed by atoms with Crippen LogP contribution in [0.3, 0.4) is 0 Å². The van der Waals surface area contributed by atoms with Gasteiger partial charge in [-0.25, -0.2) is 0 Å². The molecule has 1 heterocycles. The third-order valence-electron chi connectivity index (χ3n) is 2.06. The Labute approximate surface area is 64.1 Å². The molecule has 2 nitrogen and oxygen atoms in total. The summed E-state index contributed by atoms with van der Waals surface area (Å²) in [5.74, 6) is 1.77. The smallest absolute Gasteiger partial charge is 0.0608 e. The number of hydrogen-bond acceptors (Lipinski definition) is 2. The maximum Gasteiger partial charge on any atom is 0.0608 e. The number of hydrogen-bond donors (Lipinski definition) is 1. The molecule has 2 unspecified atom stereocenters. The van der Waals surface area contributed by atoms with Crippen molar-refractivity contribution in [3.63, 3.8) is 0 Å². The van der Waals surface area contributed by atoms with E-state index in [2.05, 4.69) is 0 Å². The first-order chi connectivity index (χ1) is 4.61. The maximum atomic E-state index is 11.0. The predicted molar refractivity (Wildman–Crippen MR) is 42.2 cm³/mol. The molecule has 60 valence electrons. The monoisotopic (exact) mass is 162 g/mol. The summed E-state index contributed by atoms with van der Waals surface area (Å²) in [6.45, 7) is 3.91. The zero-order valence-corrected chi connectivity index (χ0v) is 7.23. The van der Waals surface area contributed by atoms with Gasteiger partial charge in [-0.05, 0) is 11.8 Å². The summed E-state index contributed by atoms with van der Waals surface area (Å²) >= 11 is 0. The molecule has 1 saturated heterocycles. The fourth-order valence-corrected chi connectivity index (χ4v) is 3.12. The highest BCUT2D eigenvalue weighted by molar-refractivity contribution is 7.85. The topological polar surface area (TPSA) is 37.3 Å². The summed E-state index contributed by atoms with van der Waals surface area (Å²) in [6.07, 6.45) is -0.238. The summed E-state index contributed by atoms with van der Waals surface area (Å²) < 4.78 is 11.0. The van der Waals surface area contributed by atoms with Gasteiger partial charge in [0.05, 0.1) is 6.10 Å². The Morgan fingerprint density at radius 3 is 2.10 bits per heavy atom. The Morgan fingerprint density at radius 2 is 1.70 bits per heavy atom. The highest BCUT2D eigenvalue weighted by Crippen LogP contribution is 2.20. The van der Waals surface area contributed by atoms with Gasteiger partial charge in [0.2, 0.25) is 0 Å². The van der Waals surface area contributed by atoms with E-state index in [9.17, 15) is 9.32 Å². The lowest BCUT2D eigenvalue weighted by Crippen LogP contribution is -2.38. The fourth-order valence-electron chi connectivity index (χ4n) is 1.41. The first-order valence-electron chi connectivity index (χ1n) is 3.64. The van der Waals surface area contributed by atoms with Crippen LogP contribution in [-0.4, -0.2) is 26.9 Å². The van der Waals surface area contributed by atoms with E-state index < -0.39 is 10.8 Å². The van der Waals surface area contributed by atoms with E-state index in [1.807, 2.05) is 13.8 Å². The molecule has 0 aromatic rings. The van der Waals surface area contributed by atoms with E-state index >= 15 is 0 Å². The molecule has 0 aromatic heterocycles. The molecule has 1 aliphatic heterocycles. The molecule has 1 N–H and O–H groups in total. The van der Waals surface area contributed by atoms with Gasteiger partial charge >= 0.3 is 0 Å². The number of rotatable bonds is 0. The summed E-state index contributed by atoms with van der Waals surface area (Å²) in [5, 5.41) is 9.43. The standard InChI is InChI=1S/C7H14O2S/c1-5-3-10(9)4-6(2)7(5)8/h5-8H,3-4H2,1-2H3. The average Bonchev–Trinajstić information content (AvgIpc) is 1.82. The first kappa shape index (κ1) is 8.21. The van der Waals surface area contributed by atoms with Crippen LogP contribution in [0.15, 0.2) is 0 Å². The summed E-state index contributed by atoms with van der Waals surface area (Å²) in [4.78, 5) is 0. The van der Waals surface area contributed by atoms with E-state index in [4.69, 9.17) is 0 Å². The van der Waals surface area contributed by atoms with Crippen LogP contribution >= 0.6 is 0 Å². The molecule has 0 aliphatic carbocycles. The Kier molecular flexibility index (Phi) is 2.47. The van der Waals surface area contributed by atoms with Gasteiger partial charge in [-0.1, -0.05) is 13.8 Å². The minimum Gasteiger partial charge on any atom is -0.393 e. The first-order valence-corrected chi connectivity index (χ1v) is 5.13. The molecule has 0 bridgehead atoms. The Balaban J connectivity index is 2.57. The van der Waals surface area contributed by atoms with Crippen molar-refractivity contribution in [1.82, 2.24) is 0 Å². The van der Waals surface area contributed by atoms with Crippen LogP contribution in [0, 0.1) is 11.8 Å². The Morgan fingerprint density at radius 1 is 1.30 bits per heavy atom. The molecule has 0 spiro atoms. The van der Waals surface area contributed by atoms with Crippen LogP contribution in [0.4, 0.5) is 0 Å². The molecule has 3 heteroatoms. The van der Waals surface area contributed by atoms with Crippen LogP contribution in [0.2, 0.25) is 0 Å². The average molecular weight is 162 g/mol.